The first-order valence-corrected chi connectivity index (χ1v) is 11.8. The third-order valence-corrected chi connectivity index (χ3v) is 6.42. The number of aryl methyl sites for hydroxylation is 1. The van der Waals surface area contributed by atoms with E-state index in [9.17, 15) is 4.79 Å². The number of nitrogens with zero attached hydrogens (tertiary/aromatic N) is 1. The first-order chi connectivity index (χ1) is 17.0. The fourth-order valence-corrected chi connectivity index (χ4v) is 4.69. The van der Waals surface area contributed by atoms with Crippen LogP contribution in [0.1, 0.15) is 17.2 Å². The van der Waals surface area contributed by atoms with Crippen molar-refractivity contribution in [1.29, 1.82) is 0 Å². The number of benzene rings is 3. The molecule has 0 aliphatic carbocycles. The van der Waals surface area contributed by atoms with Crippen LogP contribution in [-0.2, 0) is 4.79 Å². The summed E-state index contributed by atoms with van der Waals surface area (Å²) in [5.74, 6) is 1.69. The van der Waals surface area contributed by atoms with E-state index in [0.29, 0.717) is 22.9 Å². The highest BCUT2D eigenvalue weighted by Crippen LogP contribution is 2.41. The van der Waals surface area contributed by atoms with Gasteiger partial charge in [0.25, 0.3) is 5.91 Å². The fraction of sp³-hybridized carbons (Fsp3) is 0.185. The number of nitrogens with one attached hydrogen (secondary N) is 1. The average Bonchev–Trinajstić information content (AvgIpc) is 3.38. The van der Waals surface area contributed by atoms with Crippen molar-refractivity contribution >= 4 is 23.1 Å². The van der Waals surface area contributed by atoms with Gasteiger partial charge in [-0.2, -0.15) is 4.37 Å². The van der Waals surface area contributed by atoms with E-state index in [-0.39, 0.29) is 18.3 Å². The van der Waals surface area contributed by atoms with E-state index in [4.69, 9.17) is 14.2 Å². The van der Waals surface area contributed by atoms with Crippen LogP contribution < -0.4 is 37.7 Å². The van der Waals surface area contributed by atoms with Gasteiger partial charge in [-0.05, 0) is 53.8 Å². The van der Waals surface area contributed by atoms with Crippen molar-refractivity contribution in [2.45, 2.75) is 13.0 Å². The lowest BCUT2D eigenvalue weighted by molar-refractivity contribution is -0.408. The summed E-state index contributed by atoms with van der Waals surface area (Å²) in [6.45, 7) is 1.97. The van der Waals surface area contributed by atoms with Gasteiger partial charge in [0, 0.05) is 22.1 Å². The van der Waals surface area contributed by atoms with Crippen molar-refractivity contribution in [2.75, 3.05) is 26.6 Å². The number of ether oxygens (including phenoxy) is 3. The minimum absolute atomic E-state index is 0. The van der Waals surface area contributed by atoms with Crippen LogP contribution in [0.2, 0.25) is 0 Å². The van der Waals surface area contributed by atoms with Crippen molar-refractivity contribution < 1.29 is 37.1 Å². The Balaban J connectivity index is 0.00000361. The number of carbonyl (C=O) groups excluding carboxylic acids is 1. The minimum Gasteiger partial charge on any atom is -1.00 e. The van der Waals surface area contributed by atoms with Crippen molar-refractivity contribution in [3.63, 3.8) is 0 Å². The summed E-state index contributed by atoms with van der Waals surface area (Å²) in [6, 6.07) is 18.6. The zero-order valence-electron chi connectivity index (χ0n) is 20.5. The summed E-state index contributed by atoms with van der Waals surface area (Å²) in [7, 11) is 4.82. The van der Waals surface area contributed by atoms with E-state index in [0.717, 1.165) is 33.5 Å². The molecule has 1 atom stereocenters. The first-order valence-electron chi connectivity index (χ1n) is 11.0. The van der Waals surface area contributed by atoms with Gasteiger partial charge >= 0.3 is 0 Å². The molecular formula is C27H28ClN3O4S. The Morgan fingerprint density at radius 2 is 1.67 bits per heavy atom. The van der Waals surface area contributed by atoms with Gasteiger partial charge in [-0.15, -0.1) is 0 Å². The highest BCUT2D eigenvalue weighted by molar-refractivity contribution is 7.04. The molecule has 0 aliphatic rings. The summed E-state index contributed by atoms with van der Waals surface area (Å²) in [4.78, 5) is 13.0. The highest BCUT2D eigenvalue weighted by Gasteiger charge is 2.22. The predicted octanol–water partition coefficient (Wildman–Crippen LogP) is 1.74. The number of carbonyl (C=O) groups is 1. The molecule has 0 radical (unpaired) electrons. The minimum atomic E-state index is -0.558. The Morgan fingerprint density at radius 3 is 2.33 bits per heavy atom. The van der Waals surface area contributed by atoms with E-state index >= 15 is 0 Å². The molecule has 36 heavy (non-hydrogen) atoms. The number of hydrogen-bond donors (Lipinski definition) is 2. The van der Waals surface area contributed by atoms with Crippen molar-refractivity contribution in [3.05, 3.63) is 77.2 Å². The van der Waals surface area contributed by atoms with Gasteiger partial charge < -0.3 is 37.7 Å². The maximum absolute atomic E-state index is 13.0. The third kappa shape index (κ3) is 5.46. The molecule has 7 nitrogen and oxygen atoms in total. The molecule has 4 N–H and O–H groups in total. The maximum Gasteiger partial charge on any atom is 0.287 e. The van der Waals surface area contributed by atoms with Crippen LogP contribution in [0.4, 0.5) is 5.69 Å². The standard InChI is InChI=1S/C27H27N3O4S.ClH/c1-16-12-19(14-23(33-3)26(16)34-4)25-20(15-35-30-25)18-10-11-22(32-2)21(13-18)29-27(31)24(28)17-8-6-5-7-9-17;/h5-15,24H,28H2,1-4H3,(H,29,31);1H/t24-;/m1./s1. The monoisotopic (exact) mass is 525 g/mol. The number of aromatic nitrogens is 1. The molecule has 1 heterocycles. The predicted molar refractivity (Wildman–Crippen MR) is 138 cm³/mol. The van der Waals surface area contributed by atoms with Gasteiger partial charge in [0.05, 0.1) is 32.7 Å². The summed E-state index contributed by atoms with van der Waals surface area (Å²) in [6.07, 6.45) is 0. The average molecular weight is 526 g/mol. The second-order valence-electron chi connectivity index (χ2n) is 7.97. The molecule has 9 heteroatoms. The quantitative estimate of drug-likeness (QED) is 0.365. The molecule has 4 rings (SSSR count). The number of quaternary nitrogens is 1. The third-order valence-electron chi connectivity index (χ3n) is 5.79. The van der Waals surface area contributed by atoms with Gasteiger partial charge in [0.1, 0.15) is 5.75 Å². The smallest absolute Gasteiger partial charge is 0.287 e. The molecule has 1 aromatic heterocycles. The van der Waals surface area contributed by atoms with E-state index in [1.165, 1.54) is 11.5 Å². The largest absolute Gasteiger partial charge is 1.00 e. The number of rotatable bonds is 8. The Hall–Kier alpha value is -3.59. The molecule has 0 unspecified atom stereocenters. The van der Waals surface area contributed by atoms with E-state index in [1.54, 1.807) is 21.3 Å². The van der Waals surface area contributed by atoms with Crippen molar-refractivity contribution in [3.8, 4) is 39.6 Å². The van der Waals surface area contributed by atoms with E-state index in [2.05, 4.69) is 15.4 Å². The number of amides is 1. The second kappa shape index (κ2) is 11.9. The van der Waals surface area contributed by atoms with Gasteiger partial charge in [-0.25, -0.2) is 0 Å². The van der Waals surface area contributed by atoms with Crippen LogP contribution in [-0.4, -0.2) is 31.6 Å². The van der Waals surface area contributed by atoms with Gasteiger partial charge in [-0.3, -0.25) is 4.79 Å². The molecule has 0 spiro atoms. The lowest BCUT2D eigenvalue weighted by Crippen LogP contribution is -3.00. The van der Waals surface area contributed by atoms with Crippen LogP contribution in [0, 0.1) is 6.92 Å². The zero-order chi connectivity index (χ0) is 24.9. The Morgan fingerprint density at radius 1 is 0.944 bits per heavy atom. The Kier molecular flexibility index (Phi) is 8.93. The Labute approximate surface area is 220 Å². The normalized spacial score (nSPS) is 11.2. The second-order valence-corrected chi connectivity index (χ2v) is 8.60. The van der Waals surface area contributed by atoms with Crippen LogP contribution in [0.25, 0.3) is 22.4 Å². The van der Waals surface area contributed by atoms with Gasteiger partial charge in [0.15, 0.2) is 17.5 Å². The number of methoxy groups -OCH3 is 3. The molecule has 0 bridgehead atoms. The summed E-state index contributed by atoms with van der Waals surface area (Å²) in [5.41, 5.74) is 9.98. The van der Waals surface area contributed by atoms with Crippen LogP contribution in [0.15, 0.2) is 66.0 Å². The molecule has 4 aromatic rings. The molecule has 0 aliphatic heterocycles. The van der Waals surface area contributed by atoms with Crippen LogP contribution >= 0.6 is 11.5 Å². The lowest BCUT2D eigenvalue weighted by atomic mass is 9.99. The SMILES string of the molecule is COc1ccc(-c2csnc2-c2cc(C)c(OC)c(OC)c2)cc1NC(=O)[C@H]([NH3+])c1ccccc1.[Cl-]. The summed E-state index contributed by atoms with van der Waals surface area (Å²) < 4.78 is 21.2. The lowest BCUT2D eigenvalue weighted by Gasteiger charge is -2.15. The summed E-state index contributed by atoms with van der Waals surface area (Å²) in [5, 5.41) is 4.97. The van der Waals surface area contributed by atoms with Crippen LogP contribution in [0.3, 0.4) is 0 Å². The molecular weight excluding hydrogens is 498 g/mol. The molecule has 188 valence electrons. The molecule has 0 saturated carbocycles. The number of anilines is 1. The molecule has 0 saturated heterocycles. The van der Waals surface area contributed by atoms with Crippen LogP contribution in [0.5, 0.6) is 17.2 Å². The fourth-order valence-electron chi connectivity index (χ4n) is 3.97. The zero-order valence-corrected chi connectivity index (χ0v) is 22.1. The van der Waals surface area contributed by atoms with E-state index in [1.807, 2.05) is 73.0 Å². The van der Waals surface area contributed by atoms with E-state index < -0.39 is 6.04 Å². The van der Waals surface area contributed by atoms with Gasteiger partial charge in [-0.1, -0.05) is 36.4 Å². The Bertz CT molecular complexity index is 1340. The number of hydrogen-bond acceptors (Lipinski definition) is 6. The van der Waals surface area contributed by atoms with Crippen molar-refractivity contribution in [1.82, 2.24) is 4.37 Å². The molecule has 0 fully saturated rings. The summed E-state index contributed by atoms with van der Waals surface area (Å²) >= 11 is 1.37. The molecule has 3 aromatic carbocycles. The maximum atomic E-state index is 13.0. The van der Waals surface area contributed by atoms with Gasteiger partial charge in [0.2, 0.25) is 0 Å². The first kappa shape index (κ1) is 27.0. The topological polar surface area (TPSA) is 97.3 Å². The number of halogens is 1. The molecule has 1 amide bonds. The highest BCUT2D eigenvalue weighted by atomic mass is 35.5. The van der Waals surface area contributed by atoms with Crippen molar-refractivity contribution in [2.24, 2.45) is 0 Å².